The van der Waals surface area contributed by atoms with Gasteiger partial charge in [-0.15, -0.1) is 11.3 Å². The minimum atomic E-state index is 0.401. The van der Waals surface area contributed by atoms with Crippen LogP contribution in [0.5, 0.6) is 5.06 Å². The minimum absolute atomic E-state index is 0.401. The molecule has 1 N–H and O–H groups in total. The molecule has 0 amide bonds. The van der Waals surface area contributed by atoms with Crippen molar-refractivity contribution in [1.29, 1.82) is 0 Å². The normalized spacial score (nSPS) is 13.1. The van der Waals surface area contributed by atoms with Crippen molar-refractivity contribution in [2.45, 2.75) is 26.4 Å². The first kappa shape index (κ1) is 13.5. The molecule has 0 bridgehead atoms. The molecule has 0 fully saturated rings. The number of hydrogen-bond acceptors (Lipinski definition) is 4. The highest BCUT2D eigenvalue weighted by Crippen LogP contribution is 2.23. The first-order valence-electron chi connectivity index (χ1n) is 5.52. The van der Waals surface area contributed by atoms with E-state index in [1.54, 1.807) is 25.6 Å². The topological polar surface area (TPSA) is 30.5 Å². The van der Waals surface area contributed by atoms with Gasteiger partial charge in [-0.25, -0.2) is 0 Å². The van der Waals surface area contributed by atoms with E-state index in [2.05, 4.69) is 25.2 Å². The van der Waals surface area contributed by atoms with E-state index in [0.717, 1.165) is 18.2 Å². The predicted octanol–water partition coefficient (Wildman–Crippen LogP) is 2.52. The van der Waals surface area contributed by atoms with Crippen LogP contribution in [0.2, 0.25) is 0 Å². The second kappa shape index (κ2) is 6.89. The summed E-state index contributed by atoms with van der Waals surface area (Å²) < 4.78 is 10.4. The van der Waals surface area contributed by atoms with Gasteiger partial charge < -0.3 is 14.8 Å². The monoisotopic (exact) mass is 243 g/mol. The van der Waals surface area contributed by atoms with E-state index in [4.69, 9.17) is 9.47 Å². The average molecular weight is 243 g/mol. The molecule has 1 aromatic heterocycles. The van der Waals surface area contributed by atoms with Crippen LogP contribution in [0.4, 0.5) is 0 Å². The zero-order valence-electron chi connectivity index (χ0n) is 10.4. The van der Waals surface area contributed by atoms with Crippen molar-refractivity contribution in [3.05, 3.63) is 17.0 Å². The van der Waals surface area contributed by atoms with Gasteiger partial charge in [-0.2, -0.15) is 0 Å². The number of thiophene rings is 1. The van der Waals surface area contributed by atoms with Crippen LogP contribution in [-0.2, 0) is 11.3 Å². The molecule has 1 heterocycles. The van der Waals surface area contributed by atoms with Gasteiger partial charge in [0.1, 0.15) is 0 Å². The lowest BCUT2D eigenvalue weighted by molar-refractivity contribution is 0.146. The molecule has 4 heteroatoms. The summed E-state index contributed by atoms with van der Waals surface area (Å²) in [5.74, 6) is 0.571. The van der Waals surface area contributed by atoms with E-state index in [-0.39, 0.29) is 0 Å². The Labute approximate surface area is 102 Å². The van der Waals surface area contributed by atoms with Gasteiger partial charge in [-0.1, -0.05) is 13.8 Å². The Hall–Kier alpha value is -0.580. The Morgan fingerprint density at radius 1 is 1.31 bits per heavy atom. The molecule has 0 aliphatic carbocycles. The summed E-state index contributed by atoms with van der Waals surface area (Å²) in [7, 11) is 3.44. The van der Waals surface area contributed by atoms with Crippen molar-refractivity contribution in [3.8, 4) is 5.06 Å². The van der Waals surface area contributed by atoms with Crippen LogP contribution in [0.25, 0.3) is 0 Å². The molecule has 0 aliphatic heterocycles. The highest BCUT2D eigenvalue weighted by Gasteiger charge is 2.12. The van der Waals surface area contributed by atoms with Crippen LogP contribution in [-0.4, -0.2) is 26.9 Å². The second-order valence-corrected chi connectivity index (χ2v) is 5.24. The number of nitrogens with one attached hydrogen (secondary N) is 1. The maximum Gasteiger partial charge on any atom is 0.173 e. The molecule has 16 heavy (non-hydrogen) atoms. The SMILES string of the molecule is COCC(NCc1ccc(OC)s1)C(C)C. The third-order valence-corrected chi connectivity index (χ3v) is 3.57. The molecule has 1 atom stereocenters. The number of hydrogen-bond donors (Lipinski definition) is 1. The molecule has 1 unspecified atom stereocenters. The van der Waals surface area contributed by atoms with E-state index in [9.17, 15) is 0 Å². The molecular weight excluding hydrogens is 222 g/mol. The lowest BCUT2D eigenvalue weighted by atomic mass is 10.1. The zero-order valence-corrected chi connectivity index (χ0v) is 11.3. The standard InChI is InChI=1S/C12H21NO2S/c1-9(2)11(8-14-3)13-7-10-5-6-12(15-4)16-10/h5-6,9,11,13H,7-8H2,1-4H3. The minimum Gasteiger partial charge on any atom is -0.487 e. The van der Waals surface area contributed by atoms with Gasteiger partial charge >= 0.3 is 0 Å². The van der Waals surface area contributed by atoms with E-state index in [0.29, 0.717) is 12.0 Å². The molecule has 0 radical (unpaired) electrons. The van der Waals surface area contributed by atoms with Crippen molar-refractivity contribution in [1.82, 2.24) is 5.32 Å². The van der Waals surface area contributed by atoms with Crippen molar-refractivity contribution in [3.63, 3.8) is 0 Å². The Bertz CT molecular complexity index is 299. The number of ether oxygens (including phenoxy) is 2. The van der Waals surface area contributed by atoms with Gasteiger partial charge in [0.2, 0.25) is 0 Å². The third-order valence-electron chi connectivity index (χ3n) is 2.53. The fourth-order valence-corrected chi connectivity index (χ4v) is 2.23. The van der Waals surface area contributed by atoms with Crippen molar-refractivity contribution in [2.75, 3.05) is 20.8 Å². The summed E-state index contributed by atoms with van der Waals surface area (Å²) in [5.41, 5.74) is 0. The van der Waals surface area contributed by atoms with Crippen LogP contribution < -0.4 is 10.1 Å². The maximum atomic E-state index is 5.20. The predicted molar refractivity (Wildman–Crippen MR) is 68.2 cm³/mol. The quantitative estimate of drug-likeness (QED) is 0.798. The largest absolute Gasteiger partial charge is 0.487 e. The van der Waals surface area contributed by atoms with E-state index < -0.39 is 0 Å². The van der Waals surface area contributed by atoms with Crippen LogP contribution in [0, 0.1) is 5.92 Å². The summed E-state index contributed by atoms with van der Waals surface area (Å²) in [6, 6.07) is 4.50. The molecule has 0 spiro atoms. The van der Waals surface area contributed by atoms with Crippen LogP contribution in [0.3, 0.4) is 0 Å². The van der Waals surface area contributed by atoms with Crippen molar-refractivity contribution >= 4 is 11.3 Å². The van der Waals surface area contributed by atoms with Gasteiger partial charge in [0.15, 0.2) is 5.06 Å². The van der Waals surface area contributed by atoms with Crippen molar-refractivity contribution < 1.29 is 9.47 Å². The maximum absolute atomic E-state index is 5.20. The van der Waals surface area contributed by atoms with Gasteiger partial charge in [-0.3, -0.25) is 0 Å². The van der Waals surface area contributed by atoms with E-state index in [1.165, 1.54) is 4.88 Å². The number of rotatable bonds is 7. The van der Waals surface area contributed by atoms with Gasteiger partial charge in [-0.05, 0) is 18.1 Å². The van der Waals surface area contributed by atoms with Crippen LogP contribution in [0.1, 0.15) is 18.7 Å². The molecule has 1 aromatic rings. The highest BCUT2D eigenvalue weighted by atomic mass is 32.1. The van der Waals surface area contributed by atoms with Gasteiger partial charge in [0.25, 0.3) is 0 Å². The fourth-order valence-electron chi connectivity index (χ4n) is 1.46. The fraction of sp³-hybridized carbons (Fsp3) is 0.667. The summed E-state index contributed by atoms with van der Waals surface area (Å²) in [5, 5.41) is 4.47. The molecule has 92 valence electrons. The third kappa shape index (κ3) is 4.12. The summed E-state index contributed by atoms with van der Waals surface area (Å²) >= 11 is 1.68. The summed E-state index contributed by atoms with van der Waals surface area (Å²) in [4.78, 5) is 1.29. The van der Waals surface area contributed by atoms with Gasteiger partial charge in [0.05, 0.1) is 13.7 Å². The average Bonchev–Trinajstić information content (AvgIpc) is 2.71. The Morgan fingerprint density at radius 3 is 2.56 bits per heavy atom. The van der Waals surface area contributed by atoms with E-state index >= 15 is 0 Å². The molecule has 3 nitrogen and oxygen atoms in total. The molecule has 0 aromatic carbocycles. The highest BCUT2D eigenvalue weighted by molar-refractivity contribution is 7.13. The Morgan fingerprint density at radius 2 is 2.06 bits per heavy atom. The lowest BCUT2D eigenvalue weighted by Gasteiger charge is -2.21. The van der Waals surface area contributed by atoms with Crippen molar-refractivity contribution in [2.24, 2.45) is 5.92 Å². The smallest absolute Gasteiger partial charge is 0.173 e. The Kier molecular flexibility index (Phi) is 5.80. The zero-order chi connectivity index (χ0) is 12.0. The second-order valence-electron chi connectivity index (χ2n) is 4.11. The number of methoxy groups -OCH3 is 2. The van der Waals surface area contributed by atoms with Gasteiger partial charge in [0, 0.05) is 24.6 Å². The summed E-state index contributed by atoms with van der Waals surface area (Å²) in [6.45, 7) is 6.03. The Balaban J connectivity index is 2.42. The van der Waals surface area contributed by atoms with Crippen LogP contribution >= 0.6 is 11.3 Å². The first-order chi connectivity index (χ1) is 7.67. The molecular formula is C12H21NO2S. The molecule has 0 aliphatic rings. The lowest BCUT2D eigenvalue weighted by Crippen LogP contribution is -2.37. The summed E-state index contributed by atoms with van der Waals surface area (Å²) in [6.07, 6.45) is 0. The molecule has 0 saturated heterocycles. The molecule has 0 saturated carbocycles. The van der Waals surface area contributed by atoms with E-state index in [1.807, 2.05) is 6.07 Å². The first-order valence-corrected chi connectivity index (χ1v) is 6.34. The van der Waals surface area contributed by atoms with Crippen LogP contribution in [0.15, 0.2) is 12.1 Å². The molecule has 1 rings (SSSR count).